The molecule has 0 aromatic heterocycles. The van der Waals surface area contributed by atoms with Crippen molar-refractivity contribution in [2.75, 3.05) is 0 Å². The summed E-state index contributed by atoms with van der Waals surface area (Å²) < 4.78 is 1.02. The van der Waals surface area contributed by atoms with Gasteiger partial charge in [-0.2, -0.15) is 0 Å². The molecule has 5 heteroatoms. The first kappa shape index (κ1) is 15.5. The summed E-state index contributed by atoms with van der Waals surface area (Å²) in [7, 11) is 0. The van der Waals surface area contributed by atoms with Crippen LogP contribution in [0.3, 0.4) is 0 Å². The predicted octanol–water partition coefficient (Wildman–Crippen LogP) is 2.93. The molecule has 3 nitrogen and oxygen atoms in total. The van der Waals surface area contributed by atoms with Crippen LogP contribution in [0.2, 0.25) is 0 Å². The maximum Gasteiger partial charge on any atom is 0.240 e. The smallest absolute Gasteiger partial charge is 0.240 e. The lowest BCUT2D eigenvalue weighted by Gasteiger charge is -2.37. The minimum absolute atomic E-state index is 0. The maximum absolute atomic E-state index is 12.0. The van der Waals surface area contributed by atoms with Crippen LogP contribution in [-0.2, 0) is 4.79 Å². The van der Waals surface area contributed by atoms with Gasteiger partial charge in [0.2, 0.25) is 5.91 Å². The Kier molecular flexibility index (Phi) is 5.20. The lowest BCUT2D eigenvalue weighted by atomic mass is 9.77. The fraction of sp³-hybridized carbons (Fsp3) is 0.462. The van der Waals surface area contributed by atoms with E-state index in [1.54, 1.807) is 0 Å². The van der Waals surface area contributed by atoms with Crippen molar-refractivity contribution in [3.63, 3.8) is 0 Å². The summed E-state index contributed by atoms with van der Waals surface area (Å²) in [6.07, 6.45) is 2.64. The Balaban J connectivity index is 0.00000162. The van der Waals surface area contributed by atoms with Gasteiger partial charge >= 0.3 is 0 Å². The third kappa shape index (κ3) is 3.25. The average Bonchev–Trinajstić information content (AvgIpc) is 2.25. The third-order valence-corrected chi connectivity index (χ3v) is 3.89. The van der Waals surface area contributed by atoms with Gasteiger partial charge in [0.25, 0.3) is 0 Å². The van der Waals surface area contributed by atoms with Crippen molar-refractivity contribution >= 4 is 34.2 Å². The molecule has 0 bridgehead atoms. The molecule has 2 rings (SSSR count). The molecule has 18 heavy (non-hydrogen) atoms. The molecule has 0 saturated heterocycles. The molecule has 0 radical (unpaired) electrons. The van der Waals surface area contributed by atoms with Crippen molar-refractivity contribution < 1.29 is 4.79 Å². The molecule has 100 valence electrons. The van der Waals surface area contributed by atoms with E-state index in [0.717, 1.165) is 29.3 Å². The molecule has 1 aromatic carbocycles. The van der Waals surface area contributed by atoms with Gasteiger partial charge < -0.3 is 11.1 Å². The van der Waals surface area contributed by atoms with Crippen molar-refractivity contribution in [3.05, 3.63) is 34.3 Å². The summed E-state index contributed by atoms with van der Waals surface area (Å²) in [5.74, 6) is -0.0313. The second-order valence-electron chi connectivity index (χ2n) is 4.76. The van der Waals surface area contributed by atoms with E-state index in [1.807, 2.05) is 31.2 Å². The summed E-state index contributed by atoms with van der Waals surface area (Å²) in [5, 5.41) is 2.98. The molecule has 0 aliphatic heterocycles. The van der Waals surface area contributed by atoms with Crippen molar-refractivity contribution in [3.8, 4) is 0 Å². The van der Waals surface area contributed by atoms with Gasteiger partial charge in [-0.3, -0.25) is 4.79 Å². The zero-order chi connectivity index (χ0) is 12.5. The molecule has 0 spiro atoms. The van der Waals surface area contributed by atoms with Crippen LogP contribution in [0.5, 0.6) is 0 Å². The van der Waals surface area contributed by atoms with Crippen LogP contribution < -0.4 is 11.1 Å². The van der Waals surface area contributed by atoms with Crippen molar-refractivity contribution in [2.45, 2.75) is 37.8 Å². The molecule has 0 heterocycles. The number of carbonyl (C=O) groups excluding carboxylic acids is 1. The van der Waals surface area contributed by atoms with Crippen LogP contribution in [0, 0.1) is 0 Å². The van der Waals surface area contributed by atoms with E-state index >= 15 is 0 Å². The van der Waals surface area contributed by atoms with Crippen LogP contribution in [0.4, 0.5) is 0 Å². The van der Waals surface area contributed by atoms with E-state index in [4.69, 9.17) is 5.73 Å². The second kappa shape index (κ2) is 6.04. The first-order valence-electron chi connectivity index (χ1n) is 5.86. The summed E-state index contributed by atoms with van der Waals surface area (Å²) >= 11 is 3.42. The fourth-order valence-electron chi connectivity index (χ4n) is 1.98. The number of hydrogen-bond donors (Lipinski definition) is 2. The summed E-state index contributed by atoms with van der Waals surface area (Å²) in [4.78, 5) is 12.0. The number of amides is 1. The van der Waals surface area contributed by atoms with Crippen molar-refractivity contribution in [1.82, 2.24) is 5.32 Å². The minimum atomic E-state index is -0.625. The van der Waals surface area contributed by atoms with Gasteiger partial charge in [-0.25, -0.2) is 0 Å². The lowest BCUT2D eigenvalue weighted by molar-refractivity contribution is -0.129. The maximum atomic E-state index is 12.0. The number of benzene rings is 1. The van der Waals surface area contributed by atoms with Gasteiger partial charge in [-0.1, -0.05) is 28.1 Å². The van der Waals surface area contributed by atoms with Crippen LogP contribution in [-0.4, -0.2) is 11.4 Å². The molecule has 1 saturated carbocycles. The number of rotatable bonds is 3. The fourth-order valence-corrected chi connectivity index (χ4v) is 2.40. The van der Waals surface area contributed by atoms with Gasteiger partial charge in [0.05, 0.1) is 11.6 Å². The Bertz CT molecular complexity index is 435. The molecule has 1 aliphatic carbocycles. The van der Waals surface area contributed by atoms with E-state index in [9.17, 15) is 4.79 Å². The number of nitrogens with one attached hydrogen (secondary N) is 1. The van der Waals surface area contributed by atoms with Gasteiger partial charge in [0, 0.05) is 4.47 Å². The van der Waals surface area contributed by atoms with Gasteiger partial charge in [0.15, 0.2) is 0 Å². The highest BCUT2D eigenvalue weighted by Gasteiger charge is 2.40. The molecule has 1 amide bonds. The first-order chi connectivity index (χ1) is 8.01. The highest BCUT2D eigenvalue weighted by molar-refractivity contribution is 9.10. The summed E-state index contributed by atoms with van der Waals surface area (Å²) in [6.45, 7) is 1.97. The quantitative estimate of drug-likeness (QED) is 0.893. The van der Waals surface area contributed by atoms with E-state index < -0.39 is 5.54 Å². The molecule has 1 atom stereocenters. The Morgan fingerprint density at radius 3 is 2.67 bits per heavy atom. The van der Waals surface area contributed by atoms with Gasteiger partial charge in [-0.05, 0) is 43.9 Å². The largest absolute Gasteiger partial charge is 0.348 e. The van der Waals surface area contributed by atoms with E-state index in [1.165, 1.54) is 0 Å². The zero-order valence-electron chi connectivity index (χ0n) is 10.3. The van der Waals surface area contributed by atoms with Crippen LogP contribution in [0.1, 0.15) is 37.8 Å². The average molecular weight is 334 g/mol. The highest BCUT2D eigenvalue weighted by Crippen LogP contribution is 2.30. The Morgan fingerprint density at radius 1 is 1.50 bits per heavy atom. The second-order valence-corrected chi connectivity index (χ2v) is 5.68. The molecule has 1 fully saturated rings. The number of carbonyl (C=O) groups is 1. The molecule has 1 aliphatic rings. The Morgan fingerprint density at radius 2 is 2.17 bits per heavy atom. The lowest BCUT2D eigenvalue weighted by Crippen LogP contribution is -2.58. The van der Waals surface area contributed by atoms with E-state index in [-0.39, 0.29) is 24.4 Å². The Labute approximate surface area is 122 Å². The zero-order valence-corrected chi connectivity index (χ0v) is 12.7. The summed E-state index contributed by atoms with van der Waals surface area (Å²) in [6, 6.07) is 7.92. The van der Waals surface area contributed by atoms with Crippen LogP contribution >= 0.6 is 28.3 Å². The van der Waals surface area contributed by atoms with Gasteiger partial charge in [-0.15, -0.1) is 12.4 Å². The summed E-state index contributed by atoms with van der Waals surface area (Å²) in [5.41, 5.74) is 6.44. The first-order valence-corrected chi connectivity index (χ1v) is 6.66. The minimum Gasteiger partial charge on any atom is -0.348 e. The third-order valence-electron chi connectivity index (χ3n) is 3.39. The van der Waals surface area contributed by atoms with Crippen LogP contribution in [0.15, 0.2) is 28.7 Å². The normalized spacial score (nSPS) is 18.2. The molecule has 1 unspecified atom stereocenters. The van der Waals surface area contributed by atoms with Crippen LogP contribution in [0.25, 0.3) is 0 Å². The van der Waals surface area contributed by atoms with Crippen molar-refractivity contribution in [2.24, 2.45) is 5.73 Å². The van der Waals surface area contributed by atoms with E-state index in [0.29, 0.717) is 0 Å². The number of nitrogens with two attached hydrogens (primary N) is 1. The number of hydrogen-bond acceptors (Lipinski definition) is 2. The van der Waals surface area contributed by atoms with Crippen molar-refractivity contribution in [1.29, 1.82) is 0 Å². The molecular formula is C13H18BrClN2O. The Hall–Kier alpha value is -0.580. The molecule has 3 N–H and O–H groups in total. The molecular weight excluding hydrogens is 316 g/mol. The topological polar surface area (TPSA) is 55.1 Å². The standard InChI is InChI=1S/C13H17BrN2O.ClH/c1-9(10-4-2-5-11(14)8-10)16-12(17)13(15)6-3-7-13;/h2,4-5,8-9H,3,6-7,15H2,1H3,(H,16,17);1H. The van der Waals surface area contributed by atoms with Gasteiger partial charge in [0.1, 0.15) is 0 Å². The highest BCUT2D eigenvalue weighted by atomic mass is 79.9. The van der Waals surface area contributed by atoms with E-state index in [2.05, 4.69) is 21.2 Å². The predicted molar refractivity (Wildman–Crippen MR) is 78.7 cm³/mol. The number of halogens is 2. The monoisotopic (exact) mass is 332 g/mol. The molecule has 1 aromatic rings. The SMILES string of the molecule is CC(NC(=O)C1(N)CCC1)c1cccc(Br)c1.Cl.